The van der Waals surface area contributed by atoms with Crippen LogP contribution in [0.1, 0.15) is 19.3 Å². The van der Waals surface area contributed by atoms with E-state index in [1.807, 2.05) is 0 Å². The summed E-state index contributed by atoms with van der Waals surface area (Å²) in [6.45, 7) is 0.923. The summed E-state index contributed by atoms with van der Waals surface area (Å²) in [5.41, 5.74) is 0. The normalized spacial score (nSPS) is 28.9. The van der Waals surface area contributed by atoms with E-state index < -0.39 is 15.9 Å². The zero-order valence-electron chi connectivity index (χ0n) is 11.5. The Morgan fingerprint density at radius 3 is 2.65 bits per heavy atom. The molecule has 114 valence electrons. The molecule has 2 unspecified atom stereocenters. The van der Waals surface area contributed by atoms with Crippen LogP contribution in [0.5, 0.6) is 0 Å². The van der Waals surface area contributed by atoms with E-state index in [9.17, 15) is 18.0 Å². The van der Waals surface area contributed by atoms with Crippen molar-refractivity contribution < 1.29 is 22.7 Å². The molecule has 2 atom stereocenters. The van der Waals surface area contributed by atoms with Gasteiger partial charge in [0.05, 0.1) is 24.5 Å². The van der Waals surface area contributed by atoms with E-state index in [1.54, 1.807) is 0 Å². The summed E-state index contributed by atoms with van der Waals surface area (Å²) in [5, 5.41) is 2.78. The Kier molecular flexibility index (Phi) is 4.52. The second-order valence-electron chi connectivity index (χ2n) is 5.36. The van der Waals surface area contributed by atoms with Crippen LogP contribution in [0.25, 0.3) is 0 Å². The van der Waals surface area contributed by atoms with Crippen LogP contribution in [0.3, 0.4) is 0 Å². The Bertz CT molecular complexity index is 490. The van der Waals surface area contributed by atoms with Crippen LogP contribution in [0.4, 0.5) is 4.79 Å². The maximum absolute atomic E-state index is 12.1. The van der Waals surface area contributed by atoms with Gasteiger partial charge in [0.2, 0.25) is 5.91 Å². The molecule has 0 radical (unpaired) electrons. The van der Waals surface area contributed by atoms with Crippen molar-refractivity contribution in [3.05, 3.63) is 0 Å². The molecular weight excluding hydrogens is 284 g/mol. The van der Waals surface area contributed by atoms with Crippen molar-refractivity contribution in [1.29, 1.82) is 0 Å². The summed E-state index contributed by atoms with van der Waals surface area (Å²) >= 11 is 0. The first-order valence-corrected chi connectivity index (χ1v) is 8.57. The highest BCUT2D eigenvalue weighted by molar-refractivity contribution is 7.91. The zero-order valence-corrected chi connectivity index (χ0v) is 12.3. The van der Waals surface area contributed by atoms with E-state index >= 15 is 0 Å². The number of carbonyl (C=O) groups is 2. The number of nitrogens with one attached hydrogen (secondary N) is 1. The molecule has 0 aromatic rings. The van der Waals surface area contributed by atoms with E-state index in [1.165, 1.54) is 12.0 Å². The van der Waals surface area contributed by atoms with Crippen LogP contribution in [-0.2, 0) is 19.4 Å². The Morgan fingerprint density at radius 2 is 2.05 bits per heavy atom. The van der Waals surface area contributed by atoms with Gasteiger partial charge in [0.15, 0.2) is 9.84 Å². The molecule has 1 N–H and O–H groups in total. The molecule has 2 heterocycles. The van der Waals surface area contributed by atoms with Crippen molar-refractivity contribution >= 4 is 21.8 Å². The molecule has 2 aliphatic heterocycles. The molecule has 0 aromatic carbocycles. The fourth-order valence-corrected chi connectivity index (χ4v) is 4.39. The fourth-order valence-electron chi connectivity index (χ4n) is 2.71. The third kappa shape index (κ3) is 3.62. The highest BCUT2D eigenvalue weighted by atomic mass is 32.2. The molecule has 2 fully saturated rings. The average molecular weight is 304 g/mol. The highest BCUT2D eigenvalue weighted by Gasteiger charge is 2.33. The maximum Gasteiger partial charge on any atom is 0.409 e. The van der Waals surface area contributed by atoms with Gasteiger partial charge in [-0.15, -0.1) is 0 Å². The molecule has 0 saturated carbocycles. The standard InChI is InChI=1S/C12H20N2O5S/c1-19-12(16)14-5-2-3-9(7-14)11(15)13-10-4-6-20(17,18)8-10/h9-10H,2-8H2,1H3,(H,13,15). The number of hydrogen-bond acceptors (Lipinski definition) is 5. The molecule has 0 bridgehead atoms. The number of hydrogen-bond donors (Lipinski definition) is 1. The lowest BCUT2D eigenvalue weighted by Crippen LogP contribution is -2.47. The van der Waals surface area contributed by atoms with Gasteiger partial charge in [0, 0.05) is 19.1 Å². The molecule has 8 heteroatoms. The molecule has 0 spiro atoms. The van der Waals surface area contributed by atoms with E-state index in [0.717, 1.165) is 6.42 Å². The average Bonchev–Trinajstić information content (AvgIpc) is 2.77. The van der Waals surface area contributed by atoms with Gasteiger partial charge in [-0.05, 0) is 19.3 Å². The van der Waals surface area contributed by atoms with Gasteiger partial charge < -0.3 is 15.0 Å². The predicted octanol–water partition coefficient (Wildman–Crippen LogP) is -0.232. The first kappa shape index (κ1) is 15.1. The number of nitrogens with zero attached hydrogens (tertiary/aromatic N) is 1. The molecule has 0 aliphatic carbocycles. The first-order valence-electron chi connectivity index (χ1n) is 6.75. The second-order valence-corrected chi connectivity index (χ2v) is 7.59. The number of ether oxygens (including phenoxy) is 1. The Balaban J connectivity index is 1.88. The van der Waals surface area contributed by atoms with E-state index in [4.69, 9.17) is 0 Å². The van der Waals surface area contributed by atoms with Gasteiger partial charge in [0.1, 0.15) is 0 Å². The number of piperidine rings is 1. The molecule has 2 amide bonds. The smallest absolute Gasteiger partial charge is 0.409 e. The van der Waals surface area contributed by atoms with Gasteiger partial charge in [-0.2, -0.15) is 0 Å². The van der Waals surface area contributed by atoms with Crippen LogP contribution >= 0.6 is 0 Å². The number of sulfone groups is 1. The molecular formula is C12H20N2O5S. The monoisotopic (exact) mass is 304 g/mol. The lowest BCUT2D eigenvalue weighted by Gasteiger charge is -2.31. The third-order valence-electron chi connectivity index (χ3n) is 3.80. The highest BCUT2D eigenvalue weighted by Crippen LogP contribution is 2.19. The van der Waals surface area contributed by atoms with Crippen molar-refractivity contribution in [1.82, 2.24) is 10.2 Å². The van der Waals surface area contributed by atoms with Crippen molar-refractivity contribution in [2.75, 3.05) is 31.7 Å². The fraction of sp³-hybridized carbons (Fsp3) is 0.833. The largest absolute Gasteiger partial charge is 0.453 e. The van der Waals surface area contributed by atoms with Gasteiger partial charge >= 0.3 is 6.09 Å². The second kappa shape index (κ2) is 5.99. The summed E-state index contributed by atoms with van der Waals surface area (Å²) in [4.78, 5) is 25.1. The summed E-state index contributed by atoms with van der Waals surface area (Å²) in [6.07, 6.45) is 1.50. The first-order chi connectivity index (χ1) is 9.41. The molecule has 2 saturated heterocycles. The summed E-state index contributed by atoms with van der Waals surface area (Å²) in [6, 6.07) is -0.291. The molecule has 7 nitrogen and oxygen atoms in total. The number of carbonyl (C=O) groups excluding carboxylic acids is 2. The van der Waals surface area contributed by atoms with Crippen LogP contribution in [0, 0.1) is 5.92 Å². The van der Waals surface area contributed by atoms with Gasteiger partial charge in [-0.1, -0.05) is 0 Å². The molecule has 20 heavy (non-hydrogen) atoms. The Hall–Kier alpha value is -1.31. The topological polar surface area (TPSA) is 92.8 Å². The maximum atomic E-state index is 12.1. The van der Waals surface area contributed by atoms with Crippen LogP contribution in [0.2, 0.25) is 0 Å². The number of amides is 2. The van der Waals surface area contributed by atoms with Crippen LogP contribution < -0.4 is 5.32 Å². The van der Waals surface area contributed by atoms with Crippen molar-refractivity contribution in [2.24, 2.45) is 5.92 Å². The van der Waals surface area contributed by atoms with E-state index in [-0.39, 0.29) is 29.4 Å². The SMILES string of the molecule is COC(=O)N1CCCC(C(=O)NC2CCS(=O)(=O)C2)C1. The Morgan fingerprint density at radius 1 is 1.30 bits per heavy atom. The zero-order chi connectivity index (χ0) is 14.8. The molecule has 2 aliphatic rings. The van der Waals surface area contributed by atoms with Gasteiger partial charge in [-0.25, -0.2) is 13.2 Å². The lowest BCUT2D eigenvalue weighted by molar-refractivity contribution is -0.127. The lowest BCUT2D eigenvalue weighted by atomic mass is 9.97. The van der Waals surface area contributed by atoms with Crippen molar-refractivity contribution in [3.8, 4) is 0 Å². The minimum absolute atomic E-state index is 0.0200. The number of rotatable bonds is 2. The number of methoxy groups -OCH3 is 1. The molecule has 0 aromatic heterocycles. The predicted molar refractivity (Wildman–Crippen MR) is 71.9 cm³/mol. The van der Waals surface area contributed by atoms with Crippen LogP contribution in [0.15, 0.2) is 0 Å². The Labute approximate surface area is 118 Å². The van der Waals surface area contributed by atoms with Gasteiger partial charge in [-0.3, -0.25) is 4.79 Å². The van der Waals surface area contributed by atoms with Gasteiger partial charge in [0.25, 0.3) is 0 Å². The molecule has 2 rings (SSSR count). The summed E-state index contributed by atoms with van der Waals surface area (Å²) in [5.74, 6) is -0.296. The van der Waals surface area contributed by atoms with Crippen LogP contribution in [-0.4, -0.2) is 63.1 Å². The van der Waals surface area contributed by atoms with E-state index in [2.05, 4.69) is 10.1 Å². The quantitative estimate of drug-likeness (QED) is 0.760. The van der Waals surface area contributed by atoms with Crippen molar-refractivity contribution in [3.63, 3.8) is 0 Å². The van der Waals surface area contributed by atoms with Crippen molar-refractivity contribution in [2.45, 2.75) is 25.3 Å². The third-order valence-corrected chi connectivity index (χ3v) is 5.57. The minimum atomic E-state index is -3.00. The van der Waals surface area contributed by atoms with E-state index in [0.29, 0.717) is 25.9 Å². The minimum Gasteiger partial charge on any atom is -0.453 e. The summed E-state index contributed by atoms with van der Waals surface area (Å²) in [7, 11) is -1.68. The number of likely N-dealkylation sites (tertiary alicyclic amines) is 1. The summed E-state index contributed by atoms with van der Waals surface area (Å²) < 4.78 is 27.4.